The van der Waals surface area contributed by atoms with E-state index < -0.39 is 15.4 Å². The zero-order chi connectivity index (χ0) is 10.1. The zero-order valence-corrected chi connectivity index (χ0v) is 9.76. The zero-order valence-electron chi connectivity index (χ0n) is 7.94. The summed E-state index contributed by atoms with van der Waals surface area (Å²) in [7, 11) is -3.00. The first-order valence-corrected chi connectivity index (χ1v) is 8.34. The fraction of sp³-hybridized carbons (Fsp3) is 0.429. The van der Waals surface area contributed by atoms with Crippen LogP contribution in [0.5, 0.6) is 5.06 Å². The lowest BCUT2D eigenvalue weighted by Crippen LogP contribution is -2.34. The van der Waals surface area contributed by atoms with E-state index in [1.807, 2.05) is 6.07 Å². The van der Waals surface area contributed by atoms with Gasteiger partial charge in [0.2, 0.25) is 0 Å². The van der Waals surface area contributed by atoms with Gasteiger partial charge in [-0.2, -0.15) is 0 Å². The van der Waals surface area contributed by atoms with Gasteiger partial charge in [-0.25, -0.2) is 0 Å². The monoisotopic (exact) mass is 216 g/mol. The van der Waals surface area contributed by atoms with E-state index in [9.17, 15) is 0 Å². The quantitative estimate of drug-likeness (QED) is 0.729. The van der Waals surface area contributed by atoms with Crippen LogP contribution in [0.25, 0.3) is 0 Å². The van der Waals surface area contributed by atoms with Crippen LogP contribution in [-0.2, 0) is 0 Å². The average molecular weight is 216 g/mol. The summed E-state index contributed by atoms with van der Waals surface area (Å²) in [4.78, 5) is 0. The van der Waals surface area contributed by atoms with Crippen LogP contribution in [0.1, 0.15) is 0 Å². The van der Waals surface area contributed by atoms with Crippen molar-refractivity contribution in [3.05, 3.63) is 12.1 Å². The second-order valence-corrected chi connectivity index (χ2v) is 10.3. The van der Waals surface area contributed by atoms with Crippen LogP contribution < -0.4 is 9.15 Å². The van der Waals surface area contributed by atoms with E-state index in [-0.39, 0.29) is 0 Å². The Morgan fingerprint density at radius 1 is 1.31 bits per heavy atom. The molecule has 6 heteroatoms. The van der Waals surface area contributed by atoms with Gasteiger partial charge in [0.05, 0.1) is 8.07 Å². The molecule has 0 saturated heterocycles. The first kappa shape index (κ1) is 10.8. The predicted molar refractivity (Wildman–Crippen MR) is 58.1 cm³/mol. The molecule has 0 saturated carbocycles. The molecule has 0 amide bonds. The Morgan fingerprint density at radius 2 is 1.92 bits per heavy atom. The first-order valence-electron chi connectivity index (χ1n) is 4.03. The molecule has 0 fully saturated rings. The Kier molecular flexibility index (Phi) is 3.18. The normalized spacial score (nSPS) is 11.5. The third-order valence-corrected chi connectivity index (χ3v) is 6.12. The van der Waals surface area contributed by atoms with Crippen molar-refractivity contribution in [3.8, 4) is 5.06 Å². The van der Waals surface area contributed by atoms with Gasteiger partial charge in [0.15, 0.2) is 5.06 Å². The summed E-state index contributed by atoms with van der Waals surface area (Å²) in [5, 5.41) is 17.7. The maximum atomic E-state index is 8.57. The second kappa shape index (κ2) is 3.83. The van der Waals surface area contributed by atoms with Crippen LogP contribution in [0, 0.1) is 0 Å². The Morgan fingerprint density at radius 3 is 2.31 bits per heavy atom. The largest absolute Gasteiger partial charge is 0.708 e. The van der Waals surface area contributed by atoms with E-state index in [2.05, 4.69) is 19.6 Å². The van der Waals surface area contributed by atoms with Crippen molar-refractivity contribution >= 4 is 31.2 Å². The minimum absolute atomic E-state index is 0.562. The molecule has 0 spiro atoms. The average Bonchev–Trinajstić information content (AvgIpc) is 2.32. The van der Waals surface area contributed by atoms with Crippen LogP contribution >= 0.6 is 11.3 Å². The van der Waals surface area contributed by atoms with Gasteiger partial charge in [0, 0.05) is 0 Å². The predicted octanol–water partition coefficient (Wildman–Crippen LogP) is 0.642. The molecule has 0 radical (unpaired) electrons. The molecule has 2 N–H and O–H groups in total. The van der Waals surface area contributed by atoms with E-state index in [0.29, 0.717) is 5.06 Å². The van der Waals surface area contributed by atoms with Crippen LogP contribution in [0.15, 0.2) is 12.1 Å². The first-order chi connectivity index (χ1) is 5.89. The molecule has 0 aliphatic carbocycles. The van der Waals surface area contributed by atoms with Gasteiger partial charge in [0.25, 0.3) is 0 Å². The Labute approximate surface area is 83.2 Å². The van der Waals surface area contributed by atoms with E-state index in [0.717, 1.165) is 0 Å². The number of thiophene rings is 1. The molecule has 1 rings (SSSR count). The fourth-order valence-electron chi connectivity index (χ4n) is 0.890. The van der Waals surface area contributed by atoms with Crippen LogP contribution in [0.3, 0.4) is 0 Å². The third-order valence-electron chi connectivity index (χ3n) is 1.54. The maximum absolute atomic E-state index is 8.57. The van der Waals surface area contributed by atoms with E-state index >= 15 is 0 Å². The second-order valence-electron chi connectivity index (χ2n) is 3.81. The van der Waals surface area contributed by atoms with Gasteiger partial charge in [0.1, 0.15) is 0 Å². The molecule has 72 valence electrons. The maximum Gasteiger partial charge on any atom is 0.708 e. The summed E-state index contributed by atoms with van der Waals surface area (Å²) in [6.07, 6.45) is 0. The lowest BCUT2D eigenvalue weighted by molar-refractivity contribution is 0.292. The minimum Gasteiger partial charge on any atom is -0.504 e. The molecule has 0 atom stereocenters. The van der Waals surface area contributed by atoms with Gasteiger partial charge in [-0.3, -0.25) is 0 Å². The molecule has 1 aromatic rings. The summed E-state index contributed by atoms with van der Waals surface area (Å²) in [5.41, 5.74) is 0. The topological polar surface area (TPSA) is 49.7 Å². The van der Waals surface area contributed by atoms with Gasteiger partial charge in [-0.15, -0.1) is 11.3 Å². The molecule has 0 aliphatic rings. The summed E-state index contributed by atoms with van der Waals surface area (Å²) >= 11 is 1.49. The lowest BCUT2D eigenvalue weighted by atomic mass is 10.3. The highest BCUT2D eigenvalue weighted by Gasteiger charge is 2.20. The van der Waals surface area contributed by atoms with Crippen LogP contribution in [0.4, 0.5) is 0 Å². The Bertz CT molecular complexity index is 282. The molecule has 0 aliphatic heterocycles. The van der Waals surface area contributed by atoms with Gasteiger partial charge in [-0.05, 0) is 16.6 Å². The van der Waals surface area contributed by atoms with Gasteiger partial charge in [-0.1, -0.05) is 19.6 Å². The summed E-state index contributed by atoms with van der Waals surface area (Å²) in [6, 6.07) is 3.77. The lowest BCUT2D eigenvalue weighted by Gasteiger charge is -2.12. The molecule has 0 unspecified atom stereocenters. The summed E-state index contributed by atoms with van der Waals surface area (Å²) in [6.45, 7) is 6.70. The summed E-state index contributed by atoms with van der Waals surface area (Å²) in [5.74, 6) is 0. The Hall–Kier alpha value is -0.298. The fourth-order valence-corrected chi connectivity index (χ4v) is 3.62. The van der Waals surface area contributed by atoms with Crippen LogP contribution in [-0.4, -0.2) is 25.4 Å². The third kappa shape index (κ3) is 3.15. The number of hydrogen-bond acceptors (Lipinski definition) is 4. The molecule has 1 heterocycles. The standard InChI is InChI=1S/C7H13BO3SSi/c1-13(2,3)7-5-4-6(12-7)11-8(9)10/h4-5,9-10H,1-3H3. The van der Waals surface area contributed by atoms with E-state index in [1.54, 1.807) is 6.07 Å². The number of hydrogen-bond donors (Lipinski definition) is 2. The van der Waals surface area contributed by atoms with Crippen molar-refractivity contribution in [2.24, 2.45) is 0 Å². The SMILES string of the molecule is C[Si](C)(C)c1ccc(OB(O)O)s1. The number of rotatable bonds is 3. The van der Waals surface area contributed by atoms with Crippen molar-refractivity contribution < 1.29 is 14.7 Å². The molecule has 0 bridgehead atoms. The van der Waals surface area contributed by atoms with Gasteiger partial charge < -0.3 is 14.7 Å². The molecular formula is C7H13BO3SSi. The smallest absolute Gasteiger partial charge is 0.504 e. The van der Waals surface area contributed by atoms with Gasteiger partial charge >= 0.3 is 7.32 Å². The summed E-state index contributed by atoms with van der Waals surface area (Å²) < 4.78 is 6.04. The molecule has 0 aromatic carbocycles. The van der Waals surface area contributed by atoms with E-state index in [4.69, 9.17) is 14.7 Å². The highest BCUT2D eigenvalue weighted by Crippen LogP contribution is 2.20. The van der Waals surface area contributed by atoms with Crippen molar-refractivity contribution in [1.82, 2.24) is 0 Å². The minimum atomic E-state index is -1.71. The molecule has 13 heavy (non-hydrogen) atoms. The van der Waals surface area contributed by atoms with Crippen molar-refractivity contribution in [1.29, 1.82) is 0 Å². The Balaban J connectivity index is 2.75. The molecule has 3 nitrogen and oxygen atoms in total. The van der Waals surface area contributed by atoms with Crippen LogP contribution in [0.2, 0.25) is 19.6 Å². The highest BCUT2D eigenvalue weighted by atomic mass is 32.1. The highest BCUT2D eigenvalue weighted by molar-refractivity contribution is 7.27. The van der Waals surface area contributed by atoms with E-state index in [1.165, 1.54) is 15.8 Å². The van der Waals surface area contributed by atoms with Crippen molar-refractivity contribution in [2.45, 2.75) is 19.6 Å². The van der Waals surface area contributed by atoms with Crippen molar-refractivity contribution in [3.63, 3.8) is 0 Å². The van der Waals surface area contributed by atoms with Crippen molar-refractivity contribution in [2.75, 3.05) is 0 Å². The molecule has 1 aromatic heterocycles. The molecular weight excluding hydrogens is 203 g/mol.